The number of aliphatic hydroxyl groups excluding tert-OH is 1. The summed E-state index contributed by atoms with van der Waals surface area (Å²) in [5, 5.41) is 28.9. The Morgan fingerprint density at radius 1 is 0.930 bits per heavy atom. The summed E-state index contributed by atoms with van der Waals surface area (Å²) < 4.78 is 0. The van der Waals surface area contributed by atoms with Crippen molar-refractivity contribution in [3.05, 3.63) is 29.8 Å². The summed E-state index contributed by atoms with van der Waals surface area (Å²) in [7, 11) is 0. The third kappa shape index (κ3) is 11.1. The number of nitrogens with two attached hydrogens (primary N) is 3. The molecule has 0 aromatic heterocycles. The number of carbonyl (C=O) groups is 6. The van der Waals surface area contributed by atoms with Gasteiger partial charge in [-0.25, -0.2) is 0 Å². The number of phenolic OH excluding ortho intramolecular Hbond substituents is 1. The quantitative estimate of drug-likeness (QED) is 0.0777. The molecule has 1 fully saturated rings. The van der Waals surface area contributed by atoms with Gasteiger partial charge in [0.05, 0.1) is 19.7 Å². The van der Waals surface area contributed by atoms with Crippen LogP contribution in [-0.4, -0.2) is 108 Å². The van der Waals surface area contributed by atoms with Gasteiger partial charge in [0.25, 0.3) is 0 Å². The van der Waals surface area contributed by atoms with E-state index in [4.69, 9.17) is 17.2 Å². The van der Waals surface area contributed by atoms with Crippen LogP contribution < -0.4 is 38.5 Å². The minimum absolute atomic E-state index is 0.0378. The van der Waals surface area contributed by atoms with Crippen LogP contribution in [0.15, 0.2) is 24.3 Å². The molecule has 0 saturated carbocycles. The van der Waals surface area contributed by atoms with E-state index < -0.39 is 72.8 Å². The number of phenols is 1. The molecule has 1 saturated heterocycles. The van der Waals surface area contributed by atoms with E-state index in [1.807, 2.05) is 0 Å². The molecule has 1 aromatic rings. The van der Waals surface area contributed by atoms with Crippen LogP contribution in [-0.2, 0) is 35.2 Å². The van der Waals surface area contributed by atoms with Crippen LogP contribution in [0.5, 0.6) is 5.75 Å². The fraction of sp³-hybridized carbons (Fsp3) is 0.556. The molecule has 0 aliphatic carbocycles. The molecule has 4 atom stereocenters. The van der Waals surface area contributed by atoms with Gasteiger partial charge in [-0.1, -0.05) is 12.1 Å². The molecule has 238 valence electrons. The summed E-state index contributed by atoms with van der Waals surface area (Å²) in [4.78, 5) is 76.5. The maximum atomic E-state index is 13.1. The van der Waals surface area contributed by atoms with Gasteiger partial charge < -0.3 is 53.6 Å². The van der Waals surface area contributed by atoms with Crippen molar-refractivity contribution in [3.8, 4) is 5.75 Å². The third-order valence-electron chi connectivity index (χ3n) is 6.90. The van der Waals surface area contributed by atoms with Crippen LogP contribution in [0.3, 0.4) is 0 Å². The average Bonchev–Trinajstić information content (AvgIpc) is 3.48. The predicted octanol–water partition coefficient (Wildman–Crippen LogP) is -3.94. The first-order chi connectivity index (χ1) is 20.5. The van der Waals surface area contributed by atoms with Gasteiger partial charge in [0.2, 0.25) is 35.4 Å². The fourth-order valence-corrected chi connectivity index (χ4v) is 4.60. The summed E-state index contributed by atoms with van der Waals surface area (Å²) in [6.45, 7) is -0.982. The molecule has 0 unspecified atom stereocenters. The highest BCUT2D eigenvalue weighted by Gasteiger charge is 2.37. The van der Waals surface area contributed by atoms with E-state index in [1.54, 1.807) is 12.1 Å². The van der Waals surface area contributed by atoms with Gasteiger partial charge in [0.15, 0.2) is 0 Å². The van der Waals surface area contributed by atoms with Gasteiger partial charge >= 0.3 is 0 Å². The zero-order valence-corrected chi connectivity index (χ0v) is 23.9. The smallest absolute Gasteiger partial charge is 0.248 e. The molecule has 1 aliphatic rings. The SMILES string of the molecule is NCCCC[C@H](NC(=O)CNC(=O)[C@@H]1CCCN1C(=O)[C@H](CO)NC(=O)CN)C(=O)N[C@@H](Cc1ccc(O)cc1)C(N)=O. The Morgan fingerprint density at radius 3 is 2.21 bits per heavy atom. The molecule has 16 nitrogen and oxygen atoms in total. The first kappa shape index (κ1) is 34.9. The second-order valence-corrected chi connectivity index (χ2v) is 10.2. The van der Waals surface area contributed by atoms with E-state index in [2.05, 4.69) is 21.3 Å². The number of hydrogen-bond donors (Lipinski definition) is 9. The first-order valence-electron chi connectivity index (χ1n) is 14.1. The molecule has 1 heterocycles. The average molecular weight is 607 g/mol. The van der Waals surface area contributed by atoms with Gasteiger partial charge in [-0.3, -0.25) is 28.8 Å². The van der Waals surface area contributed by atoms with Crippen LogP contribution >= 0.6 is 0 Å². The maximum absolute atomic E-state index is 13.1. The van der Waals surface area contributed by atoms with E-state index in [-0.39, 0.29) is 31.7 Å². The second kappa shape index (κ2) is 17.6. The largest absolute Gasteiger partial charge is 0.508 e. The molecule has 43 heavy (non-hydrogen) atoms. The number of nitrogens with one attached hydrogen (secondary N) is 4. The van der Waals surface area contributed by atoms with E-state index in [0.717, 1.165) is 0 Å². The number of nitrogens with zero attached hydrogens (tertiary/aromatic N) is 1. The lowest BCUT2D eigenvalue weighted by Gasteiger charge is -2.28. The number of aliphatic hydroxyl groups is 1. The van der Waals surface area contributed by atoms with Crippen molar-refractivity contribution in [1.82, 2.24) is 26.2 Å². The Balaban J connectivity index is 2.00. The topological polar surface area (TPSA) is 272 Å². The number of amides is 6. The molecule has 6 amide bonds. The van der Waals surface area contributed by atoms with Crippen LogP contribution in [0.1, 0.15) is 37.7 Å². The van der Waals surface area contributed by atoms with E-state index in [0.29, 0.717) is 37.8 Å². The van der Waals surface area contributed by atoms with Crippen molar-refractivity contribution in [1.29, 1.82) is 0 Å². The second-order valence-electron chi connectivity index (χ2n) is 10.2. The zero-order valence-electron chi connectivity index (χ0n) is 23.9. The summed E-state index contributed by atoms with van der Waals surface area (Å²) in [5.41, 5.74) is 16.9. The number of likely N-dealkylation sites (tertiary alicyclic amines) is 1. The van der Waals surface area contributed by atoms with Crippen LogP contribution in [0.2, 0.25) is 0 Å². The van der Waals surface area contributed by atoms with Crippen molar-refractivity contribution in [2.75, 3.05) is 32.8 Å². The number of primary amides is 1. The number of unbranched alkanes of at least 4 members (excludes halogenated alkanes) is 1. The van der Waals surface area contributed by atoms with Crippen LogP contribution in [0.25, 0.3) is 0 Å². The number of benzene rings is 1. The minimum Gasteiger partial charge on any atom is -0.508 e. The van der Waals surface area contributed by atoms with Crippen molar-refractivity contribution >= 4 is 35.4 Å². The highest BCUT2D eigenvalue weighted by Crippen LogP contribution is 2.18. The zero-order chi connectivity index (χ0) is 31.9. The molecule has 1 aromatic carbocycles. The number of aromatic hydroxyl groups is 1. The monoisotopic (exact) mass is 606 g/mol. The lowest BCUT2D eigenvalue weighted by atomic mass is 10.0. The van der Waals surface area contributed by atoms with Crippen LogP contribution in [0, 0.1) is 0 Å². The Labute approximate surface area is 249 Å². The predicted molar refractivity (Wildman–Crippen MR) is 154 cm³/mol. The first-order valence-corrected chi connectivity index (χ1v) is 14.1. The number of hydrogen-bond acceptors (Lipinski definition) is 10. The molecular weight excluding hydrogens is 564 g/mol. The Bertz CT molecular complexity index is 1130. The normalized spacial score (nSPS) is 16.4. The van der Waals surface area contributed by atoms with E-state index >= 15 is 0 Å². The molecule has 0 bridgehead atoms. The molecule has 12 N–H and O–H groups in total. The van der Waals surface area contributed by atoms with Gasteiger partial charge in [-0.05, 0) is 56.3 Å². The molecular formula is C27H42N8O8. The van der Waals surface area contributed by atoms with Gasteiger partial charge in [-0.2, -0.15) is 0 Å². The molecule has 2 rings (SSSR count). The third-order valence-corrected chi connectivity index (χ3v) is 6.90. The van der Waals surface area contributed by atoms with Gasteiger partial charge in [0, 0.05) is 13.0 Å². The Kier molecular flexibility index (Phi) is 14.3. The van der Waals surface area contributed by atoms with Crippen molar-refractivity contribution in [2.24, 2.45) is 17.2 Å². The van der Waals surface area contributed by atoms with Crippen molar-refractivity contribution in [2.45, 2.75) is 62.7 Å². The van der Waals surface area contributed by atoms with Gasteiger partial charge in [0.1, 0.15) is 29.9 Å². The van der Waals surface area contributed by atoms with Crippen molar-refractivity contribution < 1.29 is 39.0 Å². The Morgan fingerprint density at radius 2 is 1.60 bits per heavy atom. The summed E-state index contributed by atoms with van der Waals surface area (Å²) >= 11 is 0. The molecule has 0 radical (unpaired) electrons. The summed E-state index contributed by atoms with van der Waals surface area (Å²) in [6.07, 6.45) is 2.14. The van der Waals surface area contributed by atoms with Crippen LogP contribution in [0.4, 0.5) is 0 Å². The molecule has 0 spiro atoms. The lowest BCUT2D eigenvalue weighted by molar-refractivity contribution is -0.142. The summed E-state index contributed by atoms with van der Waals surface area (Å²) in [5.74, 6) is -4.00. The Hall–Kier alpha value is -4.28. The molecule has 16 heteroatoms. The lowest BCUT2D eigenvalue weighted by Crippen LogP contribution is -2.56. The standard InChI is InChI=1S/C27H42N8O8/c28-10-2-1-4-18(25(41)34-19(24(30)40)12-16-6-8-17(37)9-7-16)32-23(39)14-31-26(42)21-5-3-11-35(21)27(43)20(15-36)33-22(38)13-29/h6-9,18-21,36-37H,1-5,10-15,28-29H2,(H2,30,40)(H,31,42)(H,32,39)(H,33,38)(H,34,41)/t18-,19-,20-,21-/m0/s1. The fourth-order valence-electron chi connectivity index (χ4n) is 4.60. The van der Waals surface area contributed by atoms with E-state index in [9.17, 15) is 39.0 Å². The summed E-state index contributed by atoms with van der Waals surface area (Å²) in [6, 6.07) is 1.70. The highest BCUT2D eigenvalue weighted by atomic mass is 16.3. The molecule has 1 aliphatic heterocycles. The van der Waals surface area contributed by atoms with Crippen molar-refractivity contribution in [3.63, 3.8) is 0 Å². The number of rotatable bonds is 17. The number of carbonyl (C=O) groups excluding carboxylic acids is 6. The highest BCUT2D eigenvalue weighted by molar-refractivity contribution is 5.95. The van der Waals surface area contributed by atoms with E-state index in [1.165, 1.54) is 17.0 Å². The minimum atomic E-state index is -1.26. The van der Waals surface area contributed by atoms with Gasteiger partial charge in [-0.15, -0.1) is 0 Å². The maximum Gasteiger partial charge on any atom is 0.248 e.